The minimum Gasteiger partial charge on any atom is -0.372 e. The largest absolute Gasteiger partial charge is 0.434 e. The van der Waals surface area contributed by atoms with Gasteiger partial charge in [0.25, 0.3) is 0 Å². The summed E-state index contributed by atoms with van der Waals surface area (Å²) in [6.07, 6.45) is -4.43. The number of hydrogen-bond acceptors (Lipinski definition) is 4. The molecule has 0 amide bonds. The van der Waals surface area contributed by atoms with Gasteiger partial charge in [0.05, 0.1) is 4.88 Å². The van der Waals surface area contributed by atoms with Crippen LogP contribution in [0.1, 0.15) is 36.3 Å². The smallest absolute Gasteiger partial charge is 0.372 e. The molecule has 7 heteroatoms. The van der Waals surface area contributed by atoms with Crippen LogP contribution in [0.15, 0.2) is 0 Å². The van der Waals surface area contributed by atoms with E-state index in [1.165, 1.54) is 7.11 Å². The molecule has 1 N–H and O–H groups in total. The zero-order valence-electron chi connectivity index (χ0n) is 10.8. The number of aromatic nitrogens is 1. The monoisotopic (exact) mass is 282 g/mol. The topological polar surface area (TPSA) is 34.1 Å². The highest BCUT2D eigenvalue weighted by Crippen LogP contribution is 2.38. The fourth-order valence-corrected chi connectivity index (χ4v) is 2.41. The van der Waals surface area contributed by atoms with Crippen LogP contribution in [0.2, 0.25) is 0 Å². The first kappa shape index (κ1) is 15.4. The molecule has 18 heavy (non-hydrogen) atoms. The lowest BCUT2D eigenvalue weighted by Crippen LogP contribution is -2.20. The Morgan fingerprint density at radius 1 is 1.33 bits per heavy atom. The maximum atomic E-state index is 12.9. The first-order valence-corrected chi connectivity index (χ1v) is 6.37. The van der Waals surface area contributed by atoms with E-state index in [2.05, 4.69) is 10.3 Å². The molecule has 0 saturated heterocycles. The minimum atomic E-state index is -4.43. The predicted octanol–water partition coefficient (Wildman–Crippen LogP) is 3.15. The molecule has 0 aliphatic rings. The molecule has 0 aliphatic heterocycles. The van der Waals surface area contributed by atoms with Gasteiger partial charge in [0, 0.05) is 13.7 Å². The average molecular weight is 282 g/mol. The molecule has 0 saturated carbocycles. The molecule has 0 unspecified atom stereocenters. The molecular weight excluding hydrogens is 265 g/mol. The molecule has 0 aromatic carbocycles. The van der Waals surface area contributed by atoms with E-state index in [1.807, 2.05) is 6.92 Å². The summed E-state index contributed by atoms with van der Waals surface area (Å²) in [5, 5.41) is 3.23. The van der Waals surface area contributed by atoms with E-state index in [0.29, 0.717) is 11.6 Å². The first-order valence-electron chi connectivity index (χ1n) is 5.55. The standard InChI is InChI=1S/C11H17F3N2OS/c1-5-15-6-7-8(11(12,13)14)16-9(18-7)10(2,3)17-4/h15H,5-6H2,1-4H3. The lowest BCUT2D eigenvalue weighted by molar-refractivity contribution is -0.141. The number of ether oxygens (including phenoxy) is 1. The number of methoxy groups -OCH3 is 1. The molecule has 1 aromatic rings. The Labute approximate surface area is 108 Å². The number of alkyl halides is 3. The third-order valence-corrected chi connectivity index (χ3v) is 3.89. The molecule has 0 radical (unpaired) electrons. The van der Waals surface area contributed by atoms with Gasteiger partial charge in [0.2, 0.25) is 0 Å². The van der Waals surface area contributed by atoms with Crippen molar-refractivity contribution in [1.29, 1.82) is 0 Å². The van der Waals surface area contributed by atoms with Gasteiger partial charge in [-0.2, -0.15) is 13.2 Å². The van der Waals surface area contributed by atoms with Gasteiger partial charge in [0.15, 0.2) is 5.69 Å². The zero-order chi connectivity index (χ0) is 14.0. The molecule has 0 atom stereocenters. The van der Waals surface area contributed by atoms with Crippen LogP contribution in [-0.4, -0.2) is 18.6 Å². The van der Waals surface area contributed by atoms with Gasteiger partial charge in [-0.1, -0.05) is 6.92 Å². The van der Waals surface area contributed by atoms with E-state index in [1.54, 1.807) is 13.8 Å². The highest BCUT2D eigenvalue weighted by molar-refractivity contribution is 7.11. The third kappa shape index (κ3) is 3.43. The van der Waals surface area contributed by atoms with Gasteiger partial charge in [-0.15, -0.1) is 11.3 Å². The SMILES string of the molecule is CCNCc1sc(C(C)(C)OC)nc1C(F)(F)F. The first-order chi connectivity index (χ1) is 8.22. The average Bonchev–Trinajstić information content (AvgIpc) is 2.70. The number of nitrogens with zero attached hydrogens (tertiary/aromatic N) is 1. The molecular formula is C11H17F3N2OS. The number of thiazole rings is 1. The van der Waals surface area contributed by atoms with Crippen LogP contribution in [0.4, 0.5) is 13.2 Å². The predicted molar refractivity (Wildman–Crippen MR) is 64.5 cm³/mol. The van der Waals surface area contributed by atoms with Crippen molar-refractivity contribution in [1.82, 2.24) is 10.3 Å². The van der Waals surface area contributed by atoms with Gasteiger partial charge < -0.3 is 10.1 Å². The van der Waals surface area contributed by atoms with Crippen molar-refractivity contribution in [2.45, 2.75) is 39.1 Å². The Morgan fingerprint density at radius 3 is 2.39 bits per heavy atom. The van der Waals surface area contributed by atoms with E-state index >= 15 is 0 Å². The molecule has 1 heterocycles. The van der Waals surface area contributed by atoms with Crippen molar-refractivity contribution in [3.05, 3.63) is 15.6 Å². The lowest BCUT2D eigenvalue weighted by Gasteiger charge is -2.19. The number of rotatable bonds is 5. The summed E-state index contributed by atoms with van der Waals surface area (Å²) >= 11 is 1.04. The molecule has 0 spiro atoms. The van der Waals surface area contributed by atoms with E-state index in [9.17, 15) is 13.2 Å². The summed E-state index contributed by atoms with van der Waals surface area (Å²) in [6, 6.07) is 0. The Morgan fingerprint density at radius 2 is 1.94 bits per heavy atom. The number of hydrogen-bond donors (Lipinski definition) is 1. The molecule has 0 aliphatic carbocycles. The lowest BCUT2D eigenvalue weighted by atomic mass is 10.1. The second kappa shape index (κ2) is 5.54. The third-order valence-electron chi connectivity index (χ3n) is 2.53. The van der Waals surface area contributed by atoms with E-state index in [-0.39, 0.29) is 11.4 Å². The second-order valence-corrected chi connectivity index (χ2v) is 5.37. The maximum absolute atomic E-state index is 12.9. The summed E-state index contributed by atoms with van der Waals surface area (Å²) in [5.41, 5.74) is -1.62. The number of nitrogens with one attached hydrogen (secondary N) is 1. The van der Waals surface area contributed by atoms with Crippen LogP contribution >= 0.6 is 11.3 Å². The van der Waals surface area contributed by atoms with E-state index in [0.717, 1.165) is 11.3 Å². The van der Waals surface area contributed by atoms with Crippen molar-refractivity contribution >= 4 is 11.3 Å². The van der Waals surface area contributed by atoms with Crippen LogP contribution in [-0.2, 0) is 23.1 Å². The highest BCUT2D eigenvalue weighted by Gasteiger charge is 2.39. The summed E-state index contributed by atoms with van der Waals surface area (Å²) in [6.45, 7) is 6.02. The van der Waals surface area contributed by atoms with Gasteiger partial charge in [-0.25, -0.2) is 4.98 Å². The van der Waals surface area contributed by atoms with Gasteiger partial charge >= 0.3 is 6.18 Å². The van der Waals surface area contributed by atoms with Crippen molar-refractivity contribution in [3.63, 3.8) is 0 Å². The van der Waals surface area contributed by atoms with Gasteiger partial charge in [-0.05, 0) is 20.4 Å². The van der Waals surface area contributed by atoms with Crippen molar-refractivity contribution < 1.29 is 17.9 Å². The Bertz CT molecular complexity index is 401. The van der Waals surface area contributed by atoms with Crippen molar-refractivity contribution in [3.8, 4) is 0 Å². The Balaban J connectivity index is 3.15. The minimum absolute atomic E-state index is 0.169. The molecule has 1 rings (SSSR count). The second-order valence-electron chi connectivity index (χ2n) is 4.28. The van der Waals surface area contributed by atoms with Crippen LogP contribution in [0, 0.1) is 0 Å². The zero-order valence-corrected chi connectivity index (χ0v) is 11.6. The Kier molecular flexibility index (Phi) is 4.74. The fourth-order valence-electron chi connectivity index (χ4n) is 1.28. The van der Waals surface area contributed by atoms with Crippen LogP contribution in [0.5, 0.6) is 0 Å². The quantitative estimate of drug-likeness (QED) is 0.901. The Hall–Kier alpha value is -0.660. The normalized spacial score (nSPS) is 13.1. The molecule has 0 bridgehead atoms. The number of halogens is 3. The summed E-state index contributed by atoms with van der Waals surface area (Å²) in [5.74, 6) is 0. The van der Waals surface area contributed by atoms with E-state index in [4.69, 9.17) is 4.74 Å². The van der Waals surface area contributed by atoms with Crippen LogP contribution in [0.25, 0.3) is 0 Å². The van der Waals surface area contributed by atoms with Crippen LogP contribution < -0.4 is 5.32 Å². The molecule has 104 valence electrons. The summed E-state index contributed by atoms with van der Waals surface area (Å²) in [7, 11) is 1.46. The molecule has 0 fully saturated rings. The van der Waals surface area contributed by atoms with Crippen molar-refractivity contribution in [2.24, 2.45) is 0 Å². The van der Waals surface area contributed by atoms with E-state index < -0.39 is 17.5 Å². The van der Waals surface area contributed by atoms with Crippen molar-refractivity contribution in [2.75, 3.05) is 13.7 Å². The molecule has 1 aromatic heterocycles. The molecule has 3 nitrogen and oxygen atoms in total. The fraction of sp³-hybridized carbons (Fsp3) is 0.727. The van der Waals surface area contributed by atoms with Gasteiger partial charge in [0.1, 0.15) is 10.6 Å². The van der Waals surface area contributed by atoms with Gasteiger partial charge in [-0.3, -0.25) is 0 Å². The summed E-state index contributed by atoms with van der Waals surface area (Å²) < 4.78 is 43.7. The highest BCUT2D eigenvalue weighted by atomic mass is 32.1. The van der Waals surface area contributed by atoms with Crippen LogP contribution in [0.3, 0.4) is 0 Å². The summed E-state index contributed by atoms with van der Waals surface area (Å²) in [4.78, 5) is 3.90. The maximum Gasteiger partial charge on any atom is 0.434 e.